The first-order chi connectivity index (χ1) is 21.1. The van der Waals surface area contributed by atoms with E-state index in [1.54, 1.807) is 12.1 Å². The van der Waals surface area contributed by atoms with E-state index in [0.717, 1.165) is 80.5 Å². The third-order valence-corrected chi connectivity index (χ3v) is 9.31. The van der Waals surface area contributed by atoms with Gasteiger partial charge in [-0.05, 0) is 85.7 Å². The summed E-state index contributed by atoms with van der Waals surface area (Å²) in [5.41, 5.74) is 1.35. The first-order valence-corrected chi connectivity index (χ1v) is 16.7. The van der Waals surface area contributed by atoms with Crippen LogP contribution >= 0.6 is 23.2 Å². The molecule has 1 fully saturated rings. The van der Waals surface area contributed by atoms with Gasteiger partial charge >= 0.3 is 6.09 Å². The molecule has 0 aliphatic carbocycles. The molecule has 0 radical (unpaired) electrons. The summed E-state index contributed by atoms with van der Waals surface area (Å²) < 4.78 is 12.7. The first-order valence-electron chi connectivity index (χ1n) is 15.9. The third-order valence-electron chi connectivity index (χ3n) is 8.50. The van der Waals surface area contributed by atoms with Gasteiger partial charge in [-0.3, -0.25) is 9.69 Å². The highest BCUT2D eigenvalue weighted by Crippen LogP contribution is 2.33. The molecule has 1 aliphatic rings. The molecule has 0 bridgehead atoms. The zero-order chi connectivity index (χ0) is 31.7. The van der Waals surface area contributed by atoms with Gasteiger partial charge < -0.3 is 14.4 Å². The van der Waals surface area contributed by atoms with E-state index in [9.17, 15) is 9.59 Å². The fraction of sp³-hybridized carbons (Fsp3) is 0.543. The van der Waals surface area contributed by atoms with Crippen molar-refractivity contribution in [3.63, 3.8) is 0 Å². The van der Waals surface area contributed by atoms with Gasteiger partial charge in [0.1, 0.15) is 5.75 Å². The number of halogens is 2. The number of hydrogen-bond acceptors (Lipinski definition) is 6. The Labute approximate surface area is 272 Å². The normalized spacial score (nSPS) is 15.0. The van der Waals surface area contributed by atoms with E-state index >= 15 is 0 Å². The molecule has 44 heavy (non-hydrogen) atoms. The van der Waals surface area contributed by atoms with Crippen molar-refractivity contribution in [1.82, 2.24) is 9.47 Å². The van der Waals surface area contributed by atoms with Crippen LogP contribution in [0.4, 0.5) is 10.5 Å². The monoisotopic (exact) mass is 643 g/mol. The third kappa shape index (κ3) is 9.38. The molecule has 1 atom stereocenters. The number of fused-ring (bicyclic) bond motifs is 1. The van der Waals surface area contributed by atoms with Crippen molar-refractivity contribution in [2.75, 3.05) is 50.8 Å². The average molecular weight is 645 g/mol. The lowest BCUT2D eigenvalue weighted by molar-refractivity contribution is 0.135. The Kier molecular flexibility index (Phi) is 12.4. The predicted octanol–water partition coefficient (Wildman–Crippen LogP) is 8.52. The van der Waals surface area contributed by atoms with Gasteiger partial charge in [-0.2, -0.15) is 0 Å². The molecule has 0 N–H and O–H groups in total. The highest BCUT2D eigenvalue weighted by Gasteiger charge is 2.22. The van der Waals surface area contributed by atoms with Crippen molar-refractivity contribution in [2.45, 2.75) is 66.2 Å². The topological polar surface area (TPSA) is 64.0 Å². The lowest BCUT2D eigenvalue weighted by Gasteiger charge is -2.36. The Morgan fingerprint density at radius 1 is 1.00 bits per heavy atom. The molecule has 240 valence electrons. The predicted molar refractivity (Wildman–Crippen MR) is 182 cm³/mol. The Morgan fingerprint density at radius 3 is 2.50 bits per heavy atom. The smallest absolute Gasteiger partial charge is 0.421 e. The van der Waals surface area contributed by atoms with Crippen LogP contribution in [0.3, 0.4) is 0 Å². The van der Waals surface area contributed by atoms with E-state index in [1.807, 2.05) is 30.3 Å². The minimum Gasteiger partial charge on any atom is -0.494 e. The number of nitrogens with zero attached hydrogens (tertiary/aromatic N) is 3. The standard InChI is InChI=1S/C35H47Cl2N3O4/c1-5-16-35(3,4)25-26(2)15-23-44-34(42)40-31-24-28(13-11-27(31)12-14-32(40)41)43-22-7-6-17-38-18-20-39(21-19-38)30-10-8-9-29(36)33(30)37/h8-14,24,26H,5-7,15-23,25H2,1-4H3. The lowest BCUT2D eigenvalue weighted by atomic mass is 9.79. The maximum absolute atomic E-state index is 13.0. The number of pyridine rings is 1. The number of benzene rings is 2. The molecule has 3 aromatic rings. The molecule has 2 aromatic carbocycles. The molecular formula is C35H47Cl2N3O4. The number of aromatic nitrogens is 1. The van der Waals surface area contributed by atoms with Crippen molar-refractivity contribution >= 4 is 45.9 Å². The minimum absolute atomic E-state index is 0.268. The van der Waals surface area contributed by atoms with Gasteiger partial charge in [0, 0.05) is 38.3 Å². The largest absolute Gasteiger partial charge is 0.494 e. The van der Waals surface area contributed by atoms with Crippen LogP contribution in [0.5, 0.6) is 5.75 Å². The van der Waals surface area contributed by atoms with Crippen LogP contribution in [0.2, 0.25) is 10.0 Å². The molecule has 9 heteroatoms. The average Bonchev–Trinajstić information content (AvgIpc) is 2.98. The van der Waals surface area contributed by atoms with Crippen LogP contribution in [0.25, 0.3) is 10.9 Å². The van der Waals surface area contributed by atoms with E-state index < -0.39 is 11.7 Å². The van der Waals surface area contributed by atoms with E-state index in [1.165, 1.54) is 12.5 Å². The highest BCUT2D eigenvalue weighted by atomic mass is 35.5. The summed E-state index contributed by atoms with van der Waals surface area (Å²) in [7, 11) is 0. The Morgan fingerprint density at radius 2 is 1.75 bits per heavy atom. The quantitative estimate of drug-likeness (QED) is 0.164. The van der Waals surface area contributed by atoms with Crippen LogP contribution < -0.4 is 15.2 Å². The summed E-state index contributed by atoms with van der Waals surface area (Å²) in [4.78, 5) is 30.5. The minimum atomic E-state index is -0.643. The molecule has 7 nitrogen and oxygen atoms in total. The zero-order valence-electron chi connectivity index (χ0n) is 26.6. The molecule has 2 heterocycles. The van der Waals surface area contributed by atoms with Crippen molar-refractivity contribution in [1.29, 1.82) is 0 Å². The fourth-order valence-electron chi connectivity index (χ4n) is 6.30. The molecule has 0 saturated carbocycles. The van der Waals surface area contributed by atoms with Crippen LogP contribution in [0.15, 0.2) is 53.3 Å². The summed E-state index contributed by atoms with van der Waals surface area (Å²) in [6, 6.07) is 14.4. The zero-order valence-corrected chi connectivity index (χ0v) is 28.1. The lowest BCUT2D eigenvalue weighted by Crippen LogP contribution is -2.46. The van der Waals surface area contributed by atoms with Gasteiger partial charge in [-0.25, -0.2) is 9.36 Å². The van der Waals surface area contributed by atoms with Gasteiger partial charge in [0.15, 0.2) is 0 Å². The van der Waals surface area contributed by atoms with E-state index in [2.05, 4.69) is 37.5 Å². The van der Waals surface area contributed by atoms with E-state index in [0.29, 0.717) is 33.8 Å². The molecule has 0 spiro atoms. The second-order valence-corrected chi connectivity index (χ2v) is 13.6. The maximum Gasteiger partial charge on any atom is 0.421 e. The van der Waals surface area contributed by atoms with Crippen molar-refractivity contribution in [2.24, 2.45) is 11.3 Å². The van der Waals surface area contributed by atoms with Crippen LogP contribution in [-0.2, 0) is 4.74 Å². The number of anilines is 1. The number of carbonyl (C=O) groups is 1. The second kappa shape index (κ2) is 16.0. The number of unbranched alkanes of at least 4 members (excludes halogenated alkanes) is 1. The number of ether oxygens (including phenoxy) is 2. The summed E-state index contributed by atoms with van der Waals surface area (Å²) >= 11 is 12.6. The molecule has 0 amide bonds. The van der Waals surface area contributed by atoms with Gasteiger partial charge in [0.05, 0.1) is 34.5 Å². The fourth-order valence-corrected chi connectivity index (χ4v) is 6.72. The first kappa shape index (κ1) is 34.1. The Bertz CT molecular complexity index is 1450. The van der Waals surface area contributed by atoms with E-state index in [-0.39, 0.29) is 12.0 Å². The van der Waals surface area contributed by atoms with Gasteiger partial charge in [-0.1, -0.05) is 63.4 Å². The number of rotatable bonds is 14. The highest BCUT2D eigenvalue weighted by molar-refractivity contribution is 6.43. The molecule has 4 rings (SSSR count). The number of carbonyl (C=O) groups excluding carboxylic acids is 1. The van der Waals surface area contributed by atoms with E-state index in [4.69, 9.17) is 32.7 Å². The van der Waals surface area contributed by atoms with Gasteiger partial charge in [0.25, 0.3) is 5.56 Å². The second-order valence-electron chi connectivity index (χ2n) is 12.8. The summed E-state index contributed by atoms with van der Waals surface area (Å²) in [6.07, 6.45) is 5.43. The SMILES string of the molecule is CCCC(C)(C)CC(C)CCOC(=O)n1c(=O)ccc2ccc(OCCCCN3CCN(c4cccc(Cl)c4Cl)CC3)cc21. The van der Waals surface area contributed by atoms with Crippen molar-refractivity contribution in [3.8, 4) is 5.75 Å². The maximum atomic E-state index is 13.0. The molecule has 1 unspecified atom stereocenters. The van der Waals surface area contributed by atoms with Crippen molar-refractivity contribution in [3.05, 3.63) is 68.9 Å². The molecule has 1 aliphatic heterocycles. The Balaban J connectivity index is 1.24. The van der Waals surface area contributed by atoms with Crippen LogP contribution in [0.1, 0.15) is 66.2 Å². The van der Waals surface area contributed by atoms with Crippen LogP contribution in [0, 0.1) is 11.3 Å². The number of piperazine rings is 1. The summed E-state index contributed by atoms with van der Waals surface area (Å²) in [6.45, 7) is 14.6. The Hall–Kier alpha value is -2.74. The molecule has 1 aromatic heterocycles. The van der Waals surface area contributed by atoms with Crippen LogP contribution in [-0.4, -0.2) is 61.5 Å². The van der Waals surface area contributed by atoms with Gasteiger partial charge in [-0.15, -0.1) is 0 Å². The number of hydrogen-bond donors (Lipinski definition) is 0. The summed E-state index contributed by atoms with van der Waals surface area (Å²) in [5, 5.41) is 1.99. The summed E-state index contributed by atoms with van der Waals surface area (Å²) in [5.74, 6) is 1.05. The van der Waals surface area contributed by atoms with Gasteiger partial charge in [0.2, 0.25) is 0 Å². The molecule has 1 saturated heterocycles. The van der Waals surface area contributed by atoms with Crippen molar-refractivity contribution < 1.29 is 14.3 Å². The molecular weight excluding hydrogens is 597 g/mol.